The number of nitrogens with zero attached hydrogens (tertiary/aromatic N) is 1. The number of ether oxygens (including phenoxy) is 1. The largest absolute Gasteiger partial charge is 0.465 e. The Morgan fingerprint density at radius 1 is 1.59 bits per heavy atom. The minimum atomic E-state index is -0.361. The lowest BCUT2D eigenvalue weighted by atomic mass is 10.1. The van der Waals surface area contributed by atoms with E-state index >= 15 is 0 Å². The highest BCUT2D eigenvalue weighted by Gasteiger charge is 2.08. The van der Waals surface area contributed by atoms with Gasteiger partial charge in [-0.3, -0.25) is 5.10 Å². The minimum Gasteiger partial charge on any atom is -0.465 e. The fourth-order valence-corrected chi connectivity index (χ4v) is 1.59. The Hall–Kier alpha value is -2.14. The number of fused-ring (bicyclic) bond motifs is 1. The lowest BCUT2D eigenvalue weighted by Crippen LogP contribution is -2.00. The molecule has 3 N–H and O–H groups in total. The highest BCUT2D eigenvalue weighted by molar-refractivity contribution is 5.96. The van der Waals surface area contributed by atoms with Gasteiger partial charge in [-0.2, -0.15) is 5.10 Å². The van der Waals surface area contributed by atoms with E-state index in [1.807, 2.05) is 18.2 Å². The second-order valence-corrected chi connectivity index (χ2v) is 3.50. The van der Waals surface area contributed by atoms with Crippen molar-refractivity contribution in [3.05, 3.63) is 35.5 Å². The molecule has 0 aliphatic heterocycles. The number of nitrogens with one attached hydrogen (secondary N) is 1. The van der Waals surface area contributed by atoms with E-state index in [1.165, 1.54) is 7.11 Å². The van der Waals surface area contributed by atoms with Crippen molar-refractivity contribution in [2.45, 2.75) is 0 Å². The van der Waals surface area contributed by atoms with Gasteiger partial charge >= 0.3 is 5.97 Å². The van der Waals surface area contributed by atoms with Crippen LogP contribution in [0.15, 0.2) is 24.3 Å². The quantitative estimate of drug-likeness (QED) is 0.781. The highest BCUT2D eigenvalue weighted by atomic mass is 16.5. The molecular formula is C12H13N3O2. The van der Waals surface area contributed by atoms with Crippen LogP contribution in [-0.2, 0) is 4.74 Å². The maximum Gasteiger partial charge on any atom is 0.337 e. The third-order valence-electron chi connectivity index (χ3n) is 2.43. The van der Waals surface area contributed by atoms with E-state index in [1.54, 1.807) is 12.1 Å². The molecule has 0 radical (unpaired) electrons. The monoisotopic (exact) mass is 231 g/mol. The Morgan fingerprint density at radius 2 is 2.41 bits per heavy atom. The molecule has 2 aromatic rings. The van der Waals surface area contributed by atoms with Crippen LogP contribution in [0, 0.1) is 0 Å². The third-order valence-corrected chi connectivity index (χ3v) is 2.43. The van der Waals surface area contributed by atoms with E-state index < -0.39 is 0 Å². The molecule has 1 heterocycles. The zero-order valence-corrected chi connectivity index (χ0v) is 9.43. The Labute approximate surface area is 98.3 Å². The summed E-state index contributed by atoms with van der Waals surface area (Å²) < 4.78 is 4.65. The molecule has 0 spiro atoms. The smallest absolute Gasteiger partial charge is 0.337 e. The summed E-state index contributed by atoms with van der Waals surface area (Å²) in [4.78, 5) is 11.3. The lowest BCUT2D eigenvalue weighted by Gasteiger charge is -1.98. The summed E-state index contributed by atoms with van der Waals surface area (Å²) in [6.07, 6.45) is 3.67. The Bertz CT molecular complexity index is 572. The van der Waals surface area contributed by atoms with Crippen molar-refractivity contribution in [3.63, 3.8) is 0 Å². The van der Waals surface area contributed by atoms with Gasteiger partial charge < -0.3 is 10.5 Å². The lowest BCUT2D eigenvalue weighted by molar-refractivity contribution is 0.0601. The Morgan fingerprint density at radius 3 is 3.12 bits per heavy atom. The second kappa shape index (κ2) is 4.80. The number of nitrogens with two attached hydrogens (primary N) is 1. The molecule has 0 aliphatic carbocycles. The number of benzene rings is 1. The van der Waals surface area contributed by atoms with Crippen molar-refractivity contribution in [1.82, 2.24) is 10.2 Å². The number of aromatic nitrogens is 2. The van der Waals surface area contributed by atoms with Crippen molar-refractivity contribution >= 4 is 22.9 Å². The van der Waals surface area contributed by atoms with Crippen molar-refractivity contribution in [2.24, 2.45) is 5.73 Å². The molecule has 17 heavy (non-hydrogen) atoms. The molecular weight excluding hydrogens is 218 g/mol. The molecule has 5 heteroatoms. The van der Waals surface area contributed by atoms with E-state index in [0.29, 0.717) is 12.1 Å². The summed E-state index contributed by atoms with van der Waals surface area (Å²) >= 11 is 0. The van der Waals surface area contributed by atoms with Gasteiger partial charge in [0.2, 0.25) is 0 Å². The number of H-pyrrole nitrogens is 1. The second-order valence-electron chi connectivity index (χ2n) is 3.50. The molecule has 0 aliphatic rings. The van der Waals surface area contributed by atoms with Crippen LogP contribution >= 0.6 is 0 Å². The van der Waals surface area contributed by atoms with Crippen LogP contribution in [-0.4, -0.2) is 29.8 Å². The molecule has 0 saturated heterocycles. The van der Waals surface area contributed by atoms with Gasteiger partial charge in [0, 0.05) is 11.9 Å². The molecule has 0 saturated carbocycles. The van der Waals surface area contributed by atoms with Crippen LogP contribution in [0.3, 0.4) is 0 Å². The molecule has 0 amide bonds. The topological polar surface area (TPSA) is 81.0 Å². The number of hydrogen-bond donors (Lipinski definition) is 2. The van der Waals surface area contributed by atoms with E-state index in [-0.39, 0.29) is 5.97 Å². The van der Waals surface area contributed by atoms with Gasteiger partial charge in [-0.25, -0.2) is 4.79 Å². The fraction of sp³-hybridized carbons (Fsp3) is 0.167. The maximum atomic E-state index is 11.3. The summed E-state index contributed by atoms with van der Waals surface area (Å²) in [6.45, 7) is 0.467. The number of esters is 1. The molecule has 5 nitrogen and oxygen atoms in total. The first kappa shape index (κ1) is 11.3. The van der Waals surface area contributed by atoms with E-state index in [0.717, 1.165) is 16.6 Å². The highest BCUT2D eigenvalue weighted by Crippen LogP contribution is 2.18. The number of hydrogen-bond acceptors (Lipinski definition) is 4. The van der Waals surface area contributed by atoms with Gasteiger partial charge in [0.15, 0.2) is 0 Å². The van der Waals surface area contributed by atoms with Crippen LogP contribution < -0.4 is 5.73 Å². The fourth-order valence-electron chi connectivity index (χ4n) is 1.59. The maximum absolute atomic E-state index is 11.3. The van der Waals surface area contributed by atoms with Gasteiger partial charge in [0.1, 0.15) is 0 Å². The molecule has 0 atom stereocenters. The first-order valence-corrected chi connectivity index (χ1v) is 5.19. The van der Waals surface area contributed by atoms with Crippen molar-refractivity contribution in [1.29, 1.82) is 0 Å². The predicted octanol–water partition coefficient (Wildman–Crippen LogP) is 1.32. The average molecular weight is 231 g/mol. The first-order chi connectivity index (χ1) is 8.26. The molecule has 0 fully saturated rings. The molecule has 0 unspecified atom stereocenters. The minimum absolute atomic E-state index is 0.361. The number of rotatable bonds is 3. The summed E-state index contributed by atoms with van der Waals surface area (Å²) in [5.74, 6) is -0.361. The predicted molar refractivity (Wildman–Crippen MR) is 65.5 cm³/mol. The summed E-state index contributed by atoms with van der Waals surface area (Å²) in [5.41, 5.74) is 7.49. The molecule has 1 aromatic heterocycles. The van der Waals surface area contributed by atoms with Gasteiger partial charge in [-0.1, -0.05) is 6.08 Å². The van der Waals surface area contributed by atoms with E-state index in [4.69, 9.17) is 5.73 Å². The number of carbonyl (C=O) groups is 1. The zero-order valence-electron chi connectivity index (χ0n) is 9.43. The van der Waals surface area contributed by atoms with Crippen LogP contribution in [0.25, 0.3) is 17.0 Å². The van der Waals surface area contributed by atoms with Crippen LogP contribution in [0.2, 0.25) is 0 Å². The first-order valence-electron chi connectivity index (χ1n) is 5.19. The van der Waals surface area contributed by atoms with Crippen LogP contribution in [0.5, 0.6) is 0 Å². The number of carbonyl (C=O) groups excluding carboxylic acids is 1. The van der Waals surface area contributed by atoms with Crippen LogP contribution in [0.1, 0.15) is 16.1 Å². The molecule has 0 bridgehead atoms. The Kier molecular flexibility index (Phi) is 3.20. The molecule has 1 aromatic carbocycles. The third kappa shape index (κ3) is 2.19. The molecule has 2 rings (SSSR count). The summed E-state index contributed by atoms with van der Waals surface area (Å²) in [6, 6.07) is 5.26. The van der Waals surface area contributed by atoms with Crippen molar-refractivity contribution < 1.29 is 9.53 Å². The molecule has 88 valence electrons. The van der Waals surface area contributed by atoms with Gasteiger partial charge in [0.05, 0.1) is 23.9 Å². The normalized spacial score (nSPS) is 11.2. The number of methoxy groups -OCH3 is 1. The zero-order chi connectivity index (χ0) is 12.3. The van der Waals surface area contributed by atoms with E-state index in [2.05, 4.69) is 14.9 Å². The van der Waals surface area contributed by atoms with Gasteiger partial charge in [-0.05, 0) is 24.3 Å². The van der Waals surface area contributed by atoms with Crippen LogP contribution in [0.4, 0.5) is 0 Å². The van der Waals surface area contributed by atoms with E-state index in [9.17, 15) is 4.79 Å². The van der Waals surface area contributed by atoms with Crippen molar-refractivity contribution in [2.75, 3.05) is 13.7 Å². The van der Waals surface area contributed by atoms with Crippen molar-refractivity contribution in [3.8, 4) is 0 Å². The van der Waals surface area contributed by atoms with Gasteiger partial charge in [0.25, 0.3) is 0 Å². The average Bonchev–Trinajstić information content (AvgIpc) is 2.77. The summed E-state index contributed by atoms with van der Waals surface area (Å²) in [7, 11) is 1.36. The SMILES string of the molecule is COC(=O)c1ccc2c(C=CCN)n[nH]c2c1. The van der Waals surface area contributed by atoms with Gasteiger partial charge in [-0.15, -0.1) is 0 Å². The standard InChI is InChI=1S/C12H13N3O2/c1-17-12(16)8-4-5-9-10(3-2-6-13)14-15-11(9)7-8/h2-5,7H,6,13H2,1H3,(H,14,15). The Balaban J connectivity index is 2.44. The summed E-state index contributed by atoms with van der Waals surface area (Å²) in [5, 5.41) is 7.95. The number of aromatic amines is 1.